The lowest BCUT2D eigenvalue weighted by Crippen LogP contribution is -2.38. The van der Waals surface area contributed by atoms with Gasteiger partial charge in [-0.15, -0.1) is 0 Å². The Morgan fingerprint density at radius 1 is 1.65 bits per heavy atom. The monoisotopic (exact) mass is 237 g/mol. The molecule has 0 spiro atoms. The van der Waals surface area contributed by atoms with Crippen LogP contribution in [0.15, 0.2) is 12.4 Å². The lowest BCUT2D eigenvalue weighted by molar-refractivity contribution is -0.121. The summed E-state index contributed by atoms with van der Waals surface area (Å²) < 4.78 is 1.76. The van der Waals surface area contributed by atoms with Crippen molar-refractivity contribution in [3.05, 3.63) is 18.0 Å². The second-order valence-corrected chi connectivity index (χ2v) is 4.37. The average molecular weight is 237 g/mol. The summed E-state index contributed by atoms with van der Waals surface area (Å²) in [7, 11) is 1.88. The van der Waals surface area contributed by atoms with Crippen molar-refractivity contribution in [2.24, 2.45) is 12.8 Å². The van der Waals surface area contributed by atoms with E-state index in [1.807, 2.05) is 19.4 Å². The Bertz CT molecular complexity index is 389. The quantitative estimate of drug-likeness (QED) is 0.724. The fourth-order valence-corrected chi connectivity index (χ4v) is 2.20. The smallest absolute Gasteiger partial charge is 0.234 e. The molecule has 0 aromatic carbocycles. The second-order valence-electron chi connectivity index (χ2n) is 4.37. The van der Waals surface area contributed by atoms with Crippen LogP contribution in [0.2, 0.25) is 0 Å². The molecule has 0 saturated carbocycles. The standard InChI is InChI=1S/C11H19N5O/c1-15-7-9(6-14-15)10(5-12)16-4-2-3-13-11(17)8-16/h6-7,10H,2-5,8,12H2,1H3,(H,13,17). The number of carbonyl (C=O) groups excluding carboxylic acids is 1. The maximum atomic E-state index is 11.5. The van der Waals surface area contributed by atoms with Crippen molar-refractivity contribution in [1.29, 1.82) is 0 Å². The van der Waals surface area contributed by atoms with Crippen LogP contribution >= 0.6 is 0 Å². The van der Waals surface area contributed by atoms with Gasteiger partial charge in [0.2, 0.25) is 5.91 Å². The fourth-order valence-electron chi connectivity index (χ4n) is 2.20. The largest absolute Gasteiger partial charge is 0.355 e. The van der Waals surface area contributed by atoms with Gasteiger partial charge in [-0.3, -0.25) is 14.4 Å². The second kappa shape index (κ2) is 5.29. The van der Waals surface area contributed by atoms with Crippen LogP contribution in [-0.2, 0) is 11.8 Å². The molecular weight excluding hydrogens is 218 g/mol. The first-order valence-electron chi connectivity index (χ1n) is 5.90. The molecule has 3 N–H and O–H groups in total. The van der Waals surface area contributed by atoms with Crippen LogP contribution in [0.5, 0.6) is 0 Å². The van der Waals surface area contributed by atoms with Crippen LogP contribution in [0.1, 0.15) is 18.0 Å². The van der Waals surface area contributed by atoms with E-state index in [1.54, 1.807) is 4.68 Å². The minimum atomic E-state index is 0.0739. The molecule has 1 saturated heterocycles. The summed E-state index contributed by atoms with van der Waals surface area (Å²) in [5, 5.41) is 7.02. The molecule has 1 aliphatic heterocycles. The van der Waals surface area contributed by atoms with Gasteiger partial charge >= 0.3 is 0 Å². The number of hydrogen-bond donors (Lipinski definition) is 2. The molecule has 0 aliphatic carbocycles. The average Bonchev–Trinajstić information content (AvgIpc) is 2.59. The van der Waals surface area contributed by atoms with Gasteiger partial charge in [0, 0.05) is 38.4 Å². The third-order valence-corrected chi connectivity index (χ3v) is 3.06. The highest BCUT2D eigenvalue weighted by Crippen LogP contribution is 2.19. The van der Waals surface area contributed by atoms with E-state index in [1.165, 1.54) is 0 Å². The van der Waals surface area contributed by atoms with Gasteiger partial charge in [0.05, 0.1) is 18.8 Å². The molecule has 0 radical (unpaired) electrons. The molecule has 1 fully saturated rings. The molecule has 1 amide bonds. The summed E-state index contributed by atoms with van der Waals surface area (Å²) in [4.78, 5) is 13.7. The van der Waals surface area contributed by atoms with E-state index in [0.29, 0.717) is 13.1 Å². The Morgan fingerprint density at radius 3 is 3.12 bits per heavy atom. The van der Waals surface area contributed by atoms with Gasteiger partial charge in [0.15, 0.2) is 0 Å². The first kappa shape index (κ1) is 12.1. The number of amides is 1. The third-order valence-electron chi connectivity index (χ3n) is 3.06. The third kappa shape index (κ3) is 2.83. The van der Waals surface area contributed by atoms with Gasteiger partial charge in [-0.2, -0.15) is 5.10 Å². The zero-order valence-corrected chi connectivity index (χ0v) is 10.1. The number of rotatable bonds is 3. The van der Waals surface area contributed by atoms with Crippen molar-refractivity contribution >= 4 is 5.91 Å². The lowest BCUT2D eigenvalue weighted by atomic mass is 10.1. The number of nitrogens with zero attached hydrogens (tertiary/aromatic N) is 3. The van der Waals surface area contributed by atoms with Gasteiger partial charge < -0.3 is 11.1 Å². The van der Waals surface area contributed by atoms with Crippen LogP contribution in [-0.4, -0.2) is 46.8 Å². The summed E-state index contributed by atoms with van der Waals surface area (Å²) >= 11 is 0. The maximum absolute atomic E-state index is 11.5. The van der Waals surface area contributed by atoms with Crippen molar-refractivity contribution < 1.29 is 4.79 Å². The topological polar surface area (TPSA) is 76.2 Å². The number of carbonyl (C=O) groups is 1. The number of nitrogens with two attached hydrogens (primary N) is 1. The number of nitrogens with one attached hydrogen (secondary N) is 1. The fraction of sp³-hybridized carbons (Fsp3) is 0.636. The van der Waals surface area contributed by atoms with E-state index < -0.39 is 0 Å². The van der Waals surface area contributed by atoms with E-state index in [-0.39, 0.29) is 11.9 Å². The summed E-state index contributed by atoms with van der Waals surface area (Å²) in [6.45, 7) is 2.55. The molecule has 1 aromatic rings. The van der Waals surface area contributed by atoms with E-state index >= 15 is 0 Å². The Kier molecular flexibility index (Phi) is 3.75. The Labute approximate surface area is 101 Å². The highest BCUT2D eigenvalue weighted by atomic mass is 16.2. The molecule has 1 aliphatic rings. The van der Waals surface area contributed by atoms with Gasteiger partial charge in [-0.25, -0.2) is 0 Å². The van der Waals surface area contributed by atoms with Crippen LogP contribution in [0, 0.1) is 0 Å². The Balaban J connectivity index is 2.14. The molecule has 0 bridgehead atoms. The Morgan fingerprint density at radius 2 is 2.47 bits per heavy atom. The number of aryl methyl sites for hydroxylation is 1. The van der Waals surface area contributed by atoms with E-state index in [0.717, 1.165) is 25.1 Å². The molecule has 94 valence electrons. The molecule has 2 rings (SSSR count). The van der Waals surface area contributed by atoms with E-state index in [2.05, 4.69) is 15.3 Å². The number of aromatic nitrogens is 2. The van der Waals surface area contributed by atoms with E-state index in [9.17, 15) is 4.79 Å². The van der Waals surface area contributed by atoms with Crippen LogP contribution in [0.25, 0.3) is 0 Å². The summed E-state index contributed by atoms with van der Waals surface area (Å²) in [5.41, 5.74) is 6.90. The molecule has 1 atom stereocenters. The van der Waals surface area contributed by atoms with Crippen LogP contribution in [0.3, 0.4) is 0 Å². The molecule has 1 unspecified atom stereocenters. The minimum absolute atomic E-state index is 0.0739. The highest BCUT2D eigenvalue weighted by Gasteiger charge is 2.24. The molecular formula is C11H19N5O. The number of hydrogen-bond acceptors (Lipinski definition) is 4. The zero-order chi connectivity index (χ0) is 12.3. The predicted octanol–water partition coefficient (Wildman–Crippen LogP) is -0.758. The van der Waals surface area contributed by atoms with Crippen molar-refractivity contribution in [3.63, 3.8) is 0 Å². The minimum Gasteiger partial charge on any atom is -0.355 e. The highest BCUT2D eigenvalue weighted by molar-refractivity contribution is 5.78. The molecule has 6 nitrogen and oxygen atoms in total. The SMILES string of the molecule is Cn1cc(C(CN)N2CCCNC(=O)C2)cn1. The normalized spacial score (nSPS) is 19.8. The van der Waals surface area contributed by atoms with Crippen LogP contribution < -0.4 is 11.1 Å². The van der Waals surface area contributed by atoms with Crippen LogP contribution in [0.4, 0.5) is 0 Å². The molecule has 2 heterocycles. The summed E-state index contributed by atoms with van der Waals surface area (Å²) in [5.74, 6) is 0.0739. The predicted molar refractivity (Wildman–Crippen MR) is 64.2 cm³/mol. The van der Waals surface area contributed by atoms with Crippen molar-refractivity contribution in [2.75, 3.05) is 26.2 Å². The lowest BCUT2D eigenvalue weighted by Gasteiger charge is -2.27. The van der Waals surface area contributed by atoms with Crippen molar-refractivity contribution in [3.8, 4) is 0 Å². The maximum Gasteiger partial charge on any atom is 0.234 e. The van der Waals surface area contributed by atoms with Crippen molar-refractivity contribution in [2.45, 2.75) is 12.5 Å². The zero-order valence-electron chi connectivity index (χ0n) is 10.1. The molecule has 1 aromatic heterocycles. The Hall–Kier alpha value is -1.40. The van der Waals surface area contributed by atoms with Gasteiger partial charge in [-0.1, -0.05) is 0 Å². The van der Waals surface area contributed by atoms with Gasteiger partial charge in [0.1, 0.15) is 0 Å². The molecule has 6 heteroatoms. The van der Waals surface area contributed by atoms with Gasteiger partial charge in [0.25, 0.3) is 0 Å². The molecule has 17 heavy (non-hydrogen) atoms. The first-order chi connectivity index (χ1) is 8.20. The van der Waals surface area contributed by atoms with E-state index in [4.69, 9.17) is 5.73 Å². The van der Waals surface area contributed by atoms with Crippen molar-refractivity contribution in [1.82, 2.24) is 20.0 Å². The summed E-state index contributed by atoms with van der Waals surface area (Å²) in [6, 6.07) is 0.0764. The van der Waals surface area contributed by atoms with Gasteiger partial charge in [-0.05, 0) is 6.42 Å². The first-order valence-corrected chi connectivity index (χ1v) is 5.90. The summed E-state index contributed by atoms with van der Waals surface area (Å²) in [6.07, 6.45) is 4.74.